The molecule has 0 aliphatic carbocycles. The van der Waals surface area contributed by atoms with Crippen LogP contribution in [0.3, 0.4) is 0 Å². The van der Waals surface area contributed by atoms with Gasteiger partial charge in [0.15, 0.2) is 0 Å². The molecule has 0 saturated carbocycles. The van der Waals surface area contributed by atoms with Gasteiger partial charge in [0.05, 0.1) is 29.6 Å². The standard InChI is InChI=1S/C20H19ClN4O3S/c21-17-4-2-1-3-16(17)19-23-24-20(28-19)29-13-18(26)22-14-5-7-15(8-6-14)25-9-11-27-12-10-25/h1-8H,9-13H2,(H,22,26). The van der Waals surface area contributed by atoms with E-state index < -0.39 is 0 Å². The number of carbonyl (C=O) groups is 1. The highest BCUT2D eigenvalue weighted by atomic mass is 35.5. The second kappa shape index (κ2) is 9.30. The molecule has 4 rings (SSSR count). The van der Waals surface area contributed by atoms with Crippen molar-refractivity contribution in [2.45, 2.75) is 5.22 Å². The average Bonchev–Trinajstić information content (AvgIpc) is 3.23. The molecular formula is C20H19ClN4O3S. The maximum absolute atomic E-state index is 12.2. The Kier molecular flexibility index (Phi) is 6.33. The third-order valence-corrected chi connectivity index (χ3v) is 5.51. The van der Waals surface area contributed by atoms with Crippen LogP contribution in [-0.2, 0) is 9.53 Å². The Labute approximate surface area is 177 Å². The molecule has 9 heteroatoms. The number of halogens is 1. The molecule has 3 aromatic rings. The summed E-state index contributed by atoms with van der Waals surface area (Å²) in [5.74, 6) is 0.346. The predicted molar refractivity (Wildman–Crippen MR) is 114 cm³/mol. The van der Waals surface area contributed by atoms with Crippen molar-refractivity contribution >= 4 is 40.6 Å². The average molecular weight is 431 g/mol. The lowest BCUT2D eigenvalue weighted by molar-refractivity contribution is -0.113. The number of amides is 1. The van der Waals surface area contributed by atoms with Crippen molar-refractivity contribution in [2.24, 2.45) is 0 Å². The van der Waals surface area contributed by atoms with Gasteiger partial charge in [-0.3, -0.25) is 4.79 Å². The van der Waals surface area contributed by atoms with Gasteiger partial charge >= 0.3 is 0 Å². The summed E-state index contributed by atoms with van der Waals surface area (Å²) in [6.45, 7) is 3.23. The van der Waals surface area contributed by atoms with Crippen LogP contribution >= 0.6 is 23.4 Å². The van der Waals surface area contributed by atoms with Crippen molar-refractivity contribution < 1.29 is 13.9 Å². The number of ether oxygens (including phenoxy) is 1. The van der Waals surface area contributed by atoms with Gasteiger partial charge in [-0.2, -0.15) is 0 Å². The van der Waals surface area contributed by atoms with E-state index in [0.717, 1.165) is 37.7 Å². The Hall–Kier alpha value is -2.55. The van der Waals surface area contributed by atoms with Crippen LogP contribution < -0.4 is 10.2 Å². The lowest BCUT2D eigenvalue weighted by atomic mass is 10.2. The molecule has 1 aromatic heterocycles. The van der Waals surface area contributed by atoms with Crippen LogP contribution in [0, 0.1) is 0 Å². The van der Waals surface area contributed by atoms with Crippen molar-refractivity contribution in [1.29, 1.82) is 0 Å². The molecule has 7 nitrogen and oxygen atoms in total. The predicted octanol–water partition coefficient (Wildman–Crippen LogP) is 3.96. The Balaban J connectivity index is 1.30. The fourth-order valence-corrected chi connectivity index (χ4v) is 3.69. The molecule has 1 aliphatic rings. The fraction of sp³-hybridized carbons (Fsp3) is 0.250. The Morgan fingerprint density at radius 3 is 2.62 bits per heavy atom. The molecule has 2 heterocycles. The van der Waals surface area contributed by atoms with E-state index in [4.69, 9.17) is 20.8 Å². The normalized spacial score (nSPS) is 14.0. The highest BCUT2D eigenvalue weighted by Gasteiger charge is 2.14. The van der Waals surface area contributed by atoms with Gasteiger partial charge < -0.3 is 19.4 Å². The fourth-order valence-electron chi connectivity index (χ4n) is 2.91. The minimum Gasteiger partial charge on any atom is -0.411 e. The number of thioether (sulfide) groups is 1. The molecule has 1 fully saturated rings. The summed E-state index contributed by atoms with van der Waals surface area (Å²) in [4.78, 5) is 14.5. The number of hydrogen-bond donors (Lipinski definition) is 1. The second-order valence-corrected chi connectivity index (χ2v) is 7.67. The zero-order valence-corrected chi connectivity index (χ0v) is 17.1. The number of rotatable bonds is 6. The largest absolute Gasteiger partial charge is 0.411 e. The molecule has 0 radical (unpaired) electrons. The number of aromatic nitrogens is 2. The molecule has 1 N–H and O–H groups in total. The molecule has 1 saturated heterocycles. The monoisotopic (exact) mass is 430 g/mol. The van der Waals surface area contributed by atoms with Crippen LogP contribution in [0.25, 0.3) is 11.5 Å². The minimum absolute atomic E-state index is 0.147. The van der Waals surface area contributed by atoms with Crippen LogP contribution in [0.1, 0.15) is 0 Å². The minimum atomic E-state index is -0.147. The van der Waals surface area contributed by atoms with Gasteiger partial charge in [0.1, 0.15) is 0 Å². The molecule has 0 bridgehead atoms. The van der Waals surface area contributed by atoms with E-state index in [1.54, 1.807) is 12.1 Å². The molecule has 29 heavy (non-hydrogen) atoms. The van der Waals surface area contributed by atoms with Crippen LogP contribution in [0.4, 0.5) is 11.4 Å². The van der Waals surface area contributed by atoms with Gasteiger partial charge in [-0.25, -0.2) is 0 Å². The van der Waals surface area contributed by atoms with E-state index in [1.165, 1.54) is 11.8 Å². The second-order valence-electron chi connectivity index (χ2n) is 6.34. The first-order valence-electron chi connectivity index (χ1n) is 9.13. The number of morpholine rings is 1. The SMILES string of the molecule is O=C(CSc1nnc(-c2ccccc2Cl)o1)Nc1ccc(N2CCOCC2)cc1. The van der Waals surface area contributed by atoms with E-state index in [1.807, 2.05) is 36.4 Å². The highest BCUT2D eigenvalue weighted by Crippen LogP contribution is 2.28. The van der Waals surface area contributed by atoms with E-state index in [2.05, 4.69) is 20.4 Å². The Bertz CT molecular complexity index is 974. The molecule has 150 valence electrons. The number of nitrogens with one attached hydrogen (secondary N) is 1. The first kappa shape index (κ1) is 19.8. The summed E-state index contributed by atoms with van der Waals surface area (Å²) in [5, 5.41) is 11.7. The summed E-state index contributed by atoms with van der Waals surface area (Å²) in [5.41, 5.74) is 2.53. The quantitative estimate of drug-likeness (QED) is 0.593. The van der Waals surface area contributed by atoms with E-state index >= 15 is 0 Å². The first-order chi connectivity index (χ1) is 14.2. The number of anilines is 2. The van der Waals surface area contributed by atoms with Gasteiger partial charge in [0.2, 0.25) is 11.8 Å². The molecule has 2 aromatic carbocycles. The molecule has 1 amide bonds. The topological polar surface area (TPSA) is 80.5 Å². The Morgan fingerprint density at radius 1 is 1.10 bits per heavy atom. The van der Waals surface area contributed by atoms with E-state index in [0.29, 0.717) is 21.7 Å². The van der Waals surface area contributed by atoms with Gasteiger partial charge in [0.25, 0.3) is 5.22 Å². The van der Waals surface area contributed by atoms with Gasteiger partial charge in [-0.1, -0.05) is 35.5 Å². The maximum Gasteiger partial charge on any atom is 0.277 e. The van der Waals surface area contributed by atoms with Gasteiger partial charge in [0, 0.05) is 24.5 Å². The third kappa shape index (κ3) is 5.09. The lowest BCUT2D eigenvalue weighted by Gasteiger charge is -2.28. The summed E-state index contributed by atoms with van der Waals surface area (Å²) >= 11 is 7.32. The number of benzene rings is 2. The van der Waals surface area contributed by atoms with Crippen molar-refractivity contribution in [3.63, 3.8) is 0 Å². The van der Waals surface area contributed by atoms with Crippen LogP contribution in [0.2, 0.25) is 5.02 Å². The van der Waals surface area contributed by atoms with Crippen LogP contribution in [0.15, 0.2) is 58.2 Å². The Morgan fingerprint density at radius 2 is 1.86 bits per heavy atom. The molecule has 0 unspecified atom stereocenters. The van der Waals surface area contributed by atoms with Crippen molar-refractivity contribution in [1.82, 2.24) is 10.2 Å². The van der Waals surface area contributed by atoms with Crippen molar-refractivity contribution in [3.8, 4) is 11.5 Å². The molecule has 0 atom stereocenters. The van der Waals surface area contributed by atoms with Crippen molar-refractivity contribution in [3.05, 3.63) is 53.6 Å². The molecule has 1 aliphatic heterocycles. The zero-order chi connectivity index (χ0) is 20.1. The number of nitrogens with zero attached hydrogens (tertiary/aromatic N) is 3. The maximum atomic E-state index is 12.2. The molecular weight excluding hydrogens is 412 g/mol. The smallest absolute Gasteiger partial charge is 0.277 e. The van der Waals surface area contributed by atoms with Gasteiger partial charge in [-0.05, 0) is 36.4 Å². The molecule has 0 spiro atoms. The highest BCUT2D eigenvalue weighted by molar-refractivity contribution is 7.99. The van der Waals surface area contributed by atoms with Crippen LogP contribution in [0.5, 0.6) is 0 Å². The van der Waals surface area contributed by atoms with E-state index in [9.17, 15) is 4.79 Å². The van der Waals surface area contributed by atoms with Gasteiger partial charge in [-0.15, -0.1) is 10.2 Å². The third-order valence-electron chi connectivity index (χ3n) is 4.36. The van der Waals surface area contributed by atoms with Crippen molar-refractivity contribution in [2.75, 3.05) is 42.3 Å². The first-order valence-corrected chi connectivity index (χ1v) is 10.5. The summed E-state index contributed by atoms with van der Waals surface area (Å²) in [7, 11) is 0. The van der Waals surface area contributed by atoms with E-state index in [-0.39, 0.29) is 11.7 Å². The summed E-state index contributed by atoms with van der Waals surface area (Å²) < 4.78 is 11.0. The zero-order valence-electron chi connectivity index (χ0n) is 15.5. The number of carbonyl (C=O) groups excluding carboxylic acids is 1. The lowest BCUT2D eigenvalue weighted by Crippen LogP contribution is -2.36. The van der Waals surface area contributed by atoms with Crippen LogP contribution in [-0.4, -0.2) is 48.2 Å². The number of hydrogen-bond acceptors (Lipinski definition) is 7. The summed E-state index contributed by atoms with van der Waals surface area (Å²) in [6, 6.07) is 15.0. The summed E-state index contributed by atoms with van der Waals surface area (Å²) in [6.07, 6.45) is 0.